The van der Waals surface area contributed by atoms with Gasteiger partial charge in [-0.05, 0) is 86.1 Å². The molecule has 3 aromatic carbocycles. The fourth-order valence-corrected chi connectivity index (χ4v) is 8.53. The number of carboxylic acid groups (broad SMARTS) is 1. The Morgan fingerprint density at radius 3 is 2.26 bits per heavy atom. The molecule has 50 heavy (non-hydrogen) atoms. The summed E-state index contributed by atoms with van der Waals surface area (Å²) in [5, 5.41) is 10.4. The van der Waals surface area contributed by atoms with Crippen molar-refractivity contribution in [2.75, 3.05) is 26.7 Å². The van der Waals surface area contributed by atoms with E-state index in [9.17, 15) is 19.5 Å². The first-order chi connectivity index (χ1) is 24.3. The molecular formula is C39H40N6O5. The van der Waals surface area contributed by atoms with Gasteiger partial charge in [-0.15, -0.1) is 0 Å². The zero-order valence-electron chi connectivity index (χ0n) is 28.0. The molecule has 11 heteroatoms. The molecule has 2 saturated heterocycles. The predicted octanol–water partition coefficient (Wildman–Crippen LogP) is 5.11. The van der Waals surface area contributed by atoms with E-state index in [4.69, 9.17) is 15.5 Å². The number of nitrogens with zero attached hydrogens (tertiary/aromatic N) is 5. The van der Waals surface area contributed by atoms with Crippen LogP contribution in [0.15, 0.2) is 66.7 Å². The van der Waals surface area contributed by atoms with E-state index in [0.29, 0.717) is 60.4 Å². The highest BCUT2D eigenvalue weighted by Gasteiger charge is 2.47. The lowest BCUT2D eigenvalue weighted by Gasteiger charge is -2.40. The van der Waals surface area contributed by atoms with Crippen molar-refractivity contribution in [2.45, 2.75) is 50.9 Å². The Morgan fingerprint density at radius 2 is 1.58 bits per heavy atom. The molecule has 2 aliphatic heterocycles. The normalized spacial score (nSPS) is 21.7. The number of nitrogens with two attached hydrogens (primary N) is 1. The fraction of sp³-hybridized carbons (Fsp3) is 0.385. The van der Waals surface area contributed by atoms with Crippen LogP contribution in [-0.2, 0) is 13.1 Å². The largest absolute Gasteiger partial charge is 0.494 e. The number of piperidine rings is 1. The third-order valence-electron chi connectivity index (χ3n) is 11.4. The average Bonchev–Trinajstić information content (AvgIpc) is 3.47. The Kier molecular flexibility index (Phi) is 7.24. The maximum absolute atomic E-state index is 14.0. The van der Waals surface area contributed by atoms with E-state index in [1.807, 2.05) is 17.0 Å². The summed E-state index contributed by atoms with van der Waals surface area (Å²) in [4.78, 5) is 47.6. The molecule has 4 fully saturated rings. The summed E-state index contributed by atoms with van der Waals surface area (Å²) in [6.45, 7) is 3.32. The molecule has 4 aliphatic rings. The van der Waals surface area contributed by atoms with Crippen molar-refractivity contribution in [2.24, 2.45) is 23.5 Å². The van der Waals surface area contributed by atoms with Crippen LogP contribution in [0.25, 0.3) is 33.5 Å². The van der Waals surface area contributed by atoms with Gasteiger partial charge >= 0.3 is 5.97 Å². The van der Waals surface area contributed by atoms with Crippen molar-refractivity contribution in [3.63, 3.8) is 0 Å². The van der Waals surface area contributed by atoms with E-state index in [1.54, 1.807) is 24.1 Å². The minimum absolute atomic E-state index is 0.0294. The molecule has 3 atom stereocenters. The summed E-state index contributed by atoms with van der Waals surface area (Å²) in [7, 11) is 1.64. The molecule has 5 aromatic rings. The van der Waals surface area contributed by atoms with Crippen LogP contribution >= 0.6 is 0 Å². The monoisotopic (exact) mass is 672 g/mol. The Balaban J connectivity index is 1.09. The van der Waals surface area contributed by atoms with E-state index in [1.165, 1.54) is 30.5 Å². The van der Waals surface area contributed by atoms with E-state index >= 15 is 0 Å². The zero-order chi connectivity index (χ0) is 34.3. The second kappa shape index (κ2) is 11.7. The highest BCUT2D eigenvalue weighted by molar-refractivity contribution is 6.01. The number of hydrogen-bond acceptors (Lipinski definition) is 6. The maximum Gasteiger partial charge on any atom is 0.335 e. The first-order valence-electron chi connectivity index (χ1n) is 17.6. The molecule has 0 radical (unpaired) electrons. The molecule has 2 amide bonds. The van der Waals surface area contributed by atoms with Gasteiger partial charge in [0.1, 0.15) is 11.3 Å². The van der Waals surface area contributed by atoms with Crippen LogP contribution in [0, 0.1) is 17.8 Å². The van der Waals surface area contributed by atoms with Crippen LogP contribution in [0.1, 0.15) is 56.8 Å². The molecule has 0 spiro atoms. The topological polar surface area (TPSA) is 136 Å². The molecule has 2 aromatic heterocycles. The van der Waals surface area contributed by atoms with Crippen molar-refractivity contribution in [1.29, 1.82) is 0 Å². The number of fused-ring (bicyclic) bond motifs is 4. The second-order valence-electron chi connectivity index (χ2n) is 14.6. The fourth-order valence-electron chi connectivity index (χ4n) is 8.53. The molecule has 2 saturated carbocycles. The van der Waals surface area contributed by atoms with Gasteiger partial charge in [0.15, 0.2) is 5.82 Å². The smallest absolute Gasteiger partial charge is 0.335 e. The molecular weight excluding hydrogens is 632 g/mol. The number of carboxylic acids is 1. The van der Waals surface area contributed by atoms with Crippen LogP contribution in [-0.4, -0.2) is 85.6 Å². The van der Waals surface area contributed by atoms with E-state index in [2.05, 4.69) is 39.5 Å². The summed E-state index contributed by atoms with van der Waals surface area (Å²) < 4.78 is 10.6. The third-order valence-corrected chi connectivity index (χ3v) is 11.4. The number of imidazole rings is 1. The Labute approximate surface area is 289 Å². The lowest BCUT2D eigenvalue weighted by atomic mass is 9.98. The van der Waals surface area contributed by atoms with Gasteiger partial charge in [-0.25, -0.2) is 9.78 Å². The number of hydrogen-bond donors (Lipinski definition) is 2. The minimum atomic E-state index is -1.02. The second-order valence-corrected chi connectivity index (χ2v) is 14.6. The Hall–Kier alpha value is -5.16. The number of aromatic carboxylic acids is 1. The zero-order valence-corrected chi connectivity index (χ0v) is 28.0. The molecule has 2 bridgehead atoms. The van der Waals surface area contributed by atoms with Crippen molar-refractivity contribution in [3.8, 4) is 17.3 Å². The van der Waals surface area contributed by atoms with Crippen LogP contribution in [0.2, 0.25) is 0 Å². The number of carbonyl (C=O) groups is 3. The van der Waals surface area contributed by atoms with E-state index in [0.717, 1.165) is 41.8 Å². The summed E-state index contributed by atoms with van der Waals surface area (Å²) in [5.41, 5.74) is 11.4. The van der Waals surface area contributed by atoms with Crippen molar-refractivity contribution >= 4 is 39.7 Å². The third kappa shape index (κ3) is 5.05. The summed E-state index contributed by atoms with van der Waals surface area (Å²) in [5.74, 6) is 1.38. The molecule has 3 N–H and O–H groups in total. The average molecular weight is 673 g/mol. The van der Waals surface area contributed by atoms with E-state index in [-0.39, 0.29) is 35.4 Å². The number of aromatic nitrogens is 3. The number of ether oxygens (including phenoxy) is 1. The summed E-state index contributed by atoms with van der Waals surface area (Å²) in [6, 6.07) is 20.6. The van der Waals surface area contributed by atoms with Crippen LogP contribution in [0.4, 0.5) is 0 Å². The first kappa shape index (κ1) is 30.9. The molecule has 2 aliphatic carbocycles. The van der Waals surface area contributed by atoms with Gasteiger partial charge in [0, 0.05) is 72.8 Å². The number of para-hydroxylation sites is 1. The van der Waals surface area contributed by atoms with Crippen molar-refractivity contribution in [1.82, 2.24) is 23.9 Å². The summed E-state index contributed by atoms with van der Waals surface area (Å²) >= 11 is 0. The SMILES string of the molecule is COc1cc(C(=O)N2C[C@H]3CC[C@@H]2[C@@H]3N)cc2nc(-c3cc4ccccc4n3CC3CC3)n(CC3CN(C(=O)c4ccc(C(=O)O)cc4)C3)c12. The first-order valence-corrected chi connectivity index (χ1v) is 17.6. The van der Waals surface area contributed by atoms with Gasteiger partial charge in [-0.1, -0.05) is 18.2 Å². The van der Waals surface area contributed by atoms with Gasteiger partial charge in [0.05, 0.1) is 23.9 Å². The summed E-state index contributed by atoms with van der Waals surface area (Å²) in [6.07, 6.45) is 4.45. The molecule has 11 nitrogen and oxygen atoms in total. The standard InChI is InChI=1S/C39H40N6O5/c1-50-33-16-28(38(47)44-21-27-12-13-31(44)34(27)40)14-29-35(33)45(20-23-17-42(18-23)37(46)24-8-10-25(11-9-24)39(48)49)36(41-29)32-15-26-4-2-3-5-30(26)43(32)19-22-6-7-22/h2-5,8-11,14-16,22-23,27,31,34H,6-7,12-13,17-21,40H2,1H3,(H,48,49)/t27-,31-,34-/m1/s1. The van der Waals surface area contributed by atoms with Crippen LogP contribution < -0.4 is 10.5 Å². The number of methoxy groups -OCH3 is 1. The van der Waals surface area contributed by atoms with Gasteiger partial charge in [0.25, 0.3) is 11.8 Å². The van der Waals surface area contributed by atoms with Crippen LogP contribution in [0.5, 0.6) is 5.75 Å². The number of rotatable bonds is 9. The minimum Gasteiger partial charge on any atom is -0.494 e. The highest BCUT2D eigenvalue weighted by Crippen LogP contribution is 2.41. The number of carbonyl (C=O) groups excluding carboxylic acids is 2. The molecule has 256 valence electrons. The van der Waals surface area contributed by atoms with Crippen molar-refractivity contribution < 1.29 is 24.2 Å². The number of amides is 2. The molecule has 4 heterocycles. The highest BCUT2D eigenvalue weighted by atomic mass is 16.5. The quantitative estimate of drug-likeness (QED) is 0.222. The van der Waals surface area contributed by atoms with E-state index < -0.39 is 5.97 Å². The number of benzene rings is 3. The Bertz CT molecular complexity index is 2180. The van der Waals surface area contributed by atoms with Gasteiger partial charge in [-0.3, -0.25) is 9.59 Å². The van der Waals surface area contributed by atoms with Crippen molar-refractivity contribution in [3.05, 3.63) is 83.4 Å². The van der Waals surface area contributed by atoms with Gasteiger partial charge < -0.3 is 34.5 Å². The lowest BCUT2D eigenvalue weighted by Crippen LogP contribution is -2.51. The van der Waals surface area contributed by atoms with Crippen LogP contribution in [0.3, 0.4) is 0 Å². The maximum atomic E-state index is 14.0. The molecule has 0 unspecified atom stereocenters. The lowest BCUT2D eigenvalue weighted by molar-refractivity contribution is 0.0471. The predicted molar refractivity (Wildman–Crippen MR) is 188 cm³/mol. The number of likely N-dealkylation sites (tertiary alicyclic amines) is 2. The molecule has 9 rings (SSSR count). The Morgan fingerprint density at radius 1 is 0.840 bits per heavy atom. The van der Waals surface area contributed by atoms with Gasteiger partial charge in [-0.2, -0.15) is 0 Å². The van der Waals surface area contributed by atoms with Gasteiger partial charge in [0.2, 0.25) is 0 Å².